The van der Waals surface area contributed by atoms with Crippen molar-refractivity contribution in [1.29, 1.82) is 0 Å². The van der Waals surface area contributed by atoms with Crippen LogP contribution in [0.2, 0.25) is 5.02 Å². The van der Waals surface area contributed by atoms with E-state index in [0.717, 1.165) is 22.6 Å². The highest BCUT2D eigenvalue weighted by Crippen LogP contribution is 2.39. The third kappa shape index (κ3) is 5.21. The number of aromatic nitrogens is 2. The quantitative estimate of drug-likeness (QED) is 0.286. The van der Waals surface area contributed by atoms with Crippen LogP contribution in [0.1, 0.15) is 35.5 Å². The smallest absolute Gasteiger partial charge is 0.226 e. The van der Waals surface area contributed by atoms with Crippen LogP contribution in [0.25, 0.3) is 5.69 Å². The molecule has 0 aliphatic carbocycles. The summed E-state index contributed by atoms with van der Waals surface area (Å²) < 4.78 is 16.1. The summed E-state index contributed by atoms with van der Waals surface area (Å²) in [6, 6.07) is 21.3. The van der Waals surface area contributed by atoms with Gasteiger partial charge in [0.1, 0.15) is 5.82 Å². The molecule has 37 heavy (non-hydrogen) atoms. The standard InChI is InChI=1S/C28H25ClFN5OS/c1-18-17-19(11-12-20(18)29)34-15-6-10-24(34)27-26(23-9-4-5-14-31-23)33-28(37)35(27)16-13-25(36)32-22-8-3-2-7-21(22)30/h2-12,14-15,17,26-27H,13,16H2,1H3,(H,32,36)(H,33,37). The number of carbonyl (C=O) groups excluding carboxylic acids is 1. The number of hydrogen-bond donors (Lipinski definition) is 2. The van der Waals surface area contributed by atoms with E-state index >= 15 is 0 Å². The lowest BCUT2D eigenvalue weighted by Crippen LogP contribution is -2.33. The van der Waals surface area contributed by atoms with Crippen LogP contribution in [0, 0.1) is 12.7 Å². The van der Waals surface area contributed by atoms with Gasteiger partial charge in [0.15, 0.2) is 5.11 Å². The first-order chi connectivity index (χ1) is 17.9. The van der Waals surface area contributed by atoms with Crippen LogP contribution in [-0.2, 0) is 4.79 Å². The van der Waals surface area contributed by atoms with Gasteiger partial charge in [0.25, 0.3) is 0 Å². The van der Waals surface area contributed by atoms with Gasteiger partial charge in [-0.2, -0.15) is 0 Å². The molecule has 3 heterocycles. The van der Waals surface area contributed by atoms with Crippen molar-refractivity contribution in [1.82, 2.24) is 19.8 Å². The van der Waals surface area contributed by atoms with E-state index < -0.39 is 5.82 Å². The van der Waals surface area contributed by atoms with Crippen molar-refractivity contribution in [2.24, 2.45) is 0 Å². The molecule has 2 atom stereocenters. The van der Waals surface area contributed by atoms with Gasteiger partial charge < -0.3 is 20.1 Å². The van der Waals surface area contributed by atoms with Gasteiger partial charge in [-0.05, 0) is 79.3 Å². The molecule has 1 saturated heterocycles. The number of para-hydroxylation sites is 1. The van der Waals surface area contributed by atoms with E-state index in [2.05, 4.69) is 20.2 Å². The third-order valence-corrected chi connectivity index (χ3v) is 7.20. The number of rotatable bonds is 7. The molecule has 6 nitrogen and oxygen atoms in total. The number of nitrogens with one attached hydrogen (secondary N) is 2. The Hall–Kier alpha value is -3.75. The number of anilines is 1. The molecule has 1 aliphatic heterocycles. The van der Waals surface area contributed by atoms with E-state index in [4.69, 9.17) is 23.8 Å². The maximum atomic E-state index is 14.0. The van der Waals surface area contributed by atoms with Crippen LogP contribution >= 0.6 is 23.8 Å². The largest absolute Gasteiger partial charge is 0.352 e. The zero-order chi connectivity index (χ0) is 25.9. The SMILES string of the molecule is Cc1cc(-n2cccc2C2C(c3ccccn3)NC(=S)N2CCC(=O)Nc2ccccc2F)ccc1Cl. The van der Waals surface area contributed by atoms with Crippen molar-refractivity contribution in [3.8, 4) is 5.69 Å². The molecular formula is C28H25ClFN5OS. The first-order valence-corrected chi connectivity index (χ1v) is 12.7. The number of carbonyl (C=O) groups is 1. The Bertz CT molecular complexity index is 1440. The van der Waals surface area contributed by atoms with E-state index in [9.17, 15) is 9.18 Å². The number of thiocarbonyl (C=S) groups is 1. The third-order valence-electron chi connectivity index (χ3n) is 6.43. The fraction of sp³-hybridized carbons (Fsp3) is 0.179. The maximum absolute atomic E-state index is 14.0. The Morgan fingerprint density at radius 2 is 1.95 bits per heavy atom. The average Bonchev–Trinajstić information content (AvgIpc) is 3.50. The molecule has 0 radical (unpaired) electrons. The van der Waals surface area contributed by atoms with Gasteiger partial charge in [-0.3, -0.25) is 9.78 Å². The molecule has 188 valence electrons. The van der Waals surface area contributed by atoms with Crippen LogP contribution in [0.3, 0.4) is 0 Å². The van der Waals surface area contributed by atoms with Gasteiger partial charge in [0.05, 0.1) is 23.5 Å². The summed E-state index contributed by atoms with van der Waals surface area (Å²) in [4.78, 5) is 19.3. The lowest BCUT2D eigenvalue weighted by Gasteiger charge is -2.29. The fourth-order valence-corrected chi connectivity index (χ4v) is 5.06. The molecule has 9 heteroatoms. The molecule has 0 saturated carbocycles. The van der Waals surface area contributed by atoms with Crippen molar-refractivity contribution in [2.75, 3.05) is 11.9 Å². The van der Waals surface area contributed by atoms with Crippen LogP contribution in [0.4, 0.5) is 10.1 Å². The number of halogens is 2. The van der Waals surface area contributed by atoms with Crippen molar-refractivity contribution in [3.05, 3.63) is 113 Å². The molecule has 5 rings (SSSR count). The van der Waals surface area contributed by atoms with Gasteiger partial charge >= 0.3 is 0 Å². The highest BCUT2D eigenvalue weighted by atomic mass is 35.5. The molecule has 2 aromatic heterocycles. The van der Waals surface area contributed by atoms with E-state index in [1.165, 1.54) is 12.1 Å². The minimum atomic E-state index is -0.474. The molecule has 2 unspecified atom stereocenters. The number of hydrogen-bond acceptors (Lipinski definition) is 3. The Balaban J connectivity index is 1.46. The number of nitrogens with zero attached hydrogens (tertiary/aromatic N) is 3. The van der Waals surface area contributed by atoms with Gasteiger partial charge in [-0.1, -0.05) is 29.8 Å². The number of pyridine rings is 1. The molecular weight excluding hydrogens is 509 g/mol. The van der Waals surface area contributed by atoms with E-state index in [1.54, 1.807) is 18.3 Å². The zero-order valence-electron chi connectivity index (χ0n) is 20.1. The first-order valence-electron chi connectivity index (χ1n) is 11.9. The van der Waals surface area contributed by atoms with Crippen molar-refractivity contribution in [3.63, 3.8) is 0 Å². The second kappa shape index (κ2) is 10.7. The Morgan fingerprint density at radius 1 is 1.14 bits per heavy atom. The lowest BCUT2D eigenvalue weighted by molar-refractivity contribution is -0.116. The summed E-state index contributed by atoms with van der Waals surface area (Å²) in [5, 5.41) is 7.30. The van der Waals surface area contributed by atoms with Gasteiger partial charge in [-0.15, -0.1) is 0 Å². The molecule has 4 aromatic rings. The second-order valence-corrected chi connectivity index (χ2v) is 9.63. The monoisotopic (exact) mass is 533 g/mol. The highest BCUT2D eigenvalue weighted by Gasteiger charge is 2.41. The summed E-state index contributed by atoms with van der Waals surface area (Å²) in [5.41, 5.74) is 3.93. The van der Waals surface area contributed by atoms with Crippen molar-refractivity contribution < 1.29 is 9.18 Å². The van der Waals surface area contributed by atoms with E-state index in [-0.39, 0.29) is 30.1 Å². The molecule has 2 aromatic carbocycles. The van der Waals surface area contributed by atoms with Crippen LogP contribution in [0.15, 0.2) is 85.2 Å². The first kappa shape index (κ1) is 24.9. The predicted molar refractivity (Wildman–Crippen MR) is 147 cm³/mol. The number of amides is 1. The minimum Gasteiger partial charge on any atom is -0.352 e. The summed E-state index contributed by atoms with van der Waals surface area (Å²) in [6.07, 6.45) is 3.88. The van der Waals surface area contributed by atoms with Crippen molar-refractivity contribution >= 4 is 40.5 Å². The van der Waals surface area contributed by atoms with Crippen LogP contribution < -0.4 is 10.6 Å². The number of benzene rings is 2. The van der Waals surface area contributed by atoms with Crippen molar-refractivity contribution in [2.45, 2.75) is 25.4 Å². The minimum absolute atomic E-state index is 0.127. The van der Waals surface area contributed by atoms with Gasteiger partial charge in [0.2, 0.25) is 5.91 Å². The Kier molecular flexibility index (Phi) is 7.21. The molecule has 1 amide bonds. The summed E-state index contributed by atoms with van der Waals surface area (Å²) in [6.45, 7) is 2.31. The zero-order valence-corrected chi connectivity index (χ0v) is 21.6. The second-order valence-electron chi connectivity index (χ2n) is 8.83. The fourth-order valence-electron chi connectivity index (χ4n) is 4.61. The van der Waals surface area contributed by atoms with Crippen LogP contribution in [0.5, 0.6) is 0 Å². The highest BCUT2D eigenvalue weighted by molar-refractivity contribution is 7.80. The molecule has 2 N–H and O–H groups in total. The normalized spacial score (nSPS) is 17.1. The molecule has 1 fully saturated rings. The predicted octanol–water partition coefficient (Wildman–Crippen LogP) is 5.97. The lowest BCUT2D eigenvalue weighted by atomic mass is 10.0. The molecule has 0 bridgehead atoms. The summed E-state index contributed by atoms with van der Waals surface area (Å²) in [5.74, 6) is -0.768. The van der Waals surface area contributed by atoms with Gasteiger partial charge in [-0.25, -0.2) is 4.39 Å². The Morgan fingerprint density at radius 3 is 2.70 bits per heavy atom. The summed E-state index contributed by atoms with van der Waals surface area (Å²) in [7, 11) is 0. The van der Waals surface area contributed by atoms with Gasteiger partial charge in [0, 0.05) is 41.8 Å². The number of aryl methyl sites for hydroxylation is 1. The molecule has 1 aliphatic rings. The maximum Gasteiger partial charge on any atom is 0.226 e. The summed E-state index contributed by atoms with van der Waals surface area (Å²) >= 11 is 12.0. The topological polar surface area (TPSA) is 62.2 Å². The van der Waals surface area contributed by atoms with E-state index in [1.807, 2.05) is 66.6 Å². The Labute approximate surface area is 225 Å². The molecule has 0 spiro atoms. The van der Waals surface area contributed by atoms with E-state index in [0.29, 0.717) is 16.7 Å². The van der Waals surface area contributed by atoms with Crippen LogP contribution in [-0.4, -0.2) is 32.0 Å². The average molecular weight is 534 g/mol.